The zero-order chi connectivity index (χ0) is 12.3. The molecular formula is C12H19N5. The van der Waals surface area contributed by atoms with Gasteiger partial charge in [0.1, 0.15) is 0 Å². The first-order valence-corrected chi connectivity index (χ1v) is 5.92. The van der Waals surface area contributed by atoms with E-state index in [4.69, 9.17) is 0 Å². The van der Waals surface area contributed by atoms with Gasteiger partial charge < -0.3 is 5.32 Å². The van der Waals surface area contributed by atoms with E-state index in [2.05, 4.69) is 47.6 Å². The van der Waals surface area contributed by atoms with Crippen molar-refractivity contribution in [2.45, 2.75) is 39.4 Å². The molecule has 5 heteroatoms. The summed E-state index contributed by atoms with van der Waals surface area (Å²) in [5.74, 6) is 0. The number of H-pyrrole nitrogens is 1. The van der Waals surface area contributed by atoms with E-state index in [1.807, 2.05) is 23.3 Å². The van der Waals surface area contributed by atoms with E-state index in [0.29, 0.717) is 6.04 Å². The lowest BCUT2D eigenvalue weighted by molar-refractivity contribution is 0.530. The summed E-state index contributed by atoms with van der Waals surface area (Å²) in [5.41, 5.74) is 2.37. The van der Waals surface area contributed by atoms with Crippen LogP contribution >= 0.6 is 0 Å². The van der Waals surface area contributed by atoms with Crippen LogP contribution in [0, 0.1) is 0 Å². The average molecular weight is 233 g/mol. The number of hydrogen-bond acceptors (Lipinski definition) is 3. The lowest BCUT2D eigenvalue weighted by Gasteiger charge is -2.10. The first-order valence-electron chi connectivity index (χ1n) is 5.92. The number of rotatable bonds is 5. The van der Waals surface area contributed by atoms with Crippen LogP contribution in [0.15, 0.2) is 24.8 Å². The van der Waals surface area contributed by atoms with E-state index in [-0.39, 0.29) is 6.04 Å². The summed E-state index contributed by atoms with van der Waals surface area (Å²) in [6.07, 6.45) is 7.75. The molecule has 0 aliphatic rings. The maximum absolute atomic E-state index is 4.31. The molecule has 2 aromatic heterocycles. The monoisotopic (exact) mass is 233 g/mol. The molecule has 0 saturated heterocycles. The minimum Gasteiger partial charge on any atom is -0.306 e. The average Bonchev–Trinajstić information content (AvgIpc) is 2.97. The Morgan fingerprint density at radius 2 is 2.18 bits per heavy atom. The van der Waals surface area contributed by atoms with Crippen molar-refractivity contribution < 1.29 is 0 Å². The second-order valence-corrected chi connectivity index (χ2v) is 4.56. The first-order chi connectivity index (χ1) is 8.16. The Bertz CT molecular complexity index is 443. The number of hydrogen-bond donors (Lipinski definition) is 2. The van der Waals surface area contributed by atoms with Crippen molar-refractivity contribution in [2.24, 2.45) is 0 Å². The summed E-state index contributed by atoms with van der Waals surface area (Å²) in [7, 11) is 0. The normalized spacial score (nSPS) is 13.2. The smallest absolute Gasteiger partial charge is 0.0534 e. The molecule has 0 spiro atoms. The number of nitrogens with zero attached hydrogens (tertiary/aromatic N) is 3. The second-order valence-electron chi connectivity index (χ2n) is 4.56. The molecule has 0 aromatic carbocycles. The van der Waals surface area contributed by atoms with Crippen LogP contribution in [-0.4, -0.2) is 20.0 Å². The van der Waals surface area contributed by atoms with Crippen molar-refractivity contribution >= 4 is 0 Å². The van der Waals surface area contributed by atoms with E-state index in [1.165, 1.54) is 11.1 Å². The van der Waals surface area contributed by atoms with Crippen molar-refractivity contribution in [2.75, 3.05) is 0 Å². The van der Waals surface area contributed by atoms with Gasteiger partial charge in [0.05, 0.1) is 12.4 Å². The Balaban J connectivity index is 1.89. The van der Waals surface area contributed by atoms with Crippen LogP contribution in [0.5, 0.6) is 0 Å². The van der Waals surface area contributed by atoms with Crippen LogP contribution in [0.2, 0.25) is 0 Å². The zero-order valence-corrected chi connectivity index (χ0v) is 10.5. The van der Waals surface area contributed by atoms with Gasteiger partial charge in [-0.3, -0.25) is 9.78 Å². The Morgan fingerprint density at radius 3 is 2.76 bits per heavy atom. The summed E-state index contributed by atoms with van der Waals surface area (Å²) >= 11 is 0. The molecule has 0 bridgehead atoms. The lowest BCUT2D eigenvalue weighted by atomic mass is 10.2. The molecule has 0 aliphatic heterocycles. The third kappa shape index (κ3) is 2.94. The highest BCUT2D eigenvalue weighted by molar-refractivity contribution is 5.10. The van der Waals surface area contributed by atoms with Gasteiger partial charge in [-0.2, -0.15) is 10.2 Å². The molecule has 0 radical (unpaired) electrons. The summed E-state index contributed by atoms with van der Waals surface area (Å²) in [6.45, 7) is 7.19. The molecule has 1 unspecified atom stereocenters. The second kappa shape index (κ2) is 5.14. The molecule has 2 N–H and O–H groups in total. The molecule has 0 saturated carbocycles. The third-order valence-corrected chi connectivity index (χ3v) is 2.82. The predicted molar refractivity (Wildman–Crippen MR) is 66.5 cm³/mol. The van der Waals surface area contributed by atoms with Crippen LogP contribution in [-0.2, 0) is 6.54 Å². The predicted octanol–water partition coefficient (Wildman–Crippen LogP) is 2.04. The minimum absolute atomic E-state index is 0.288. The van der Waals surface area contributed by atoms with E-state index in [1.54, 1.807) is 0 Å². The highest BCUT2D eigenvalue weighted by Crippen LogP contribution is 2.11. The van der Waals surface area contributed by atoms with Crippen LogP contribution in [0.4, 0.5) is 0 Å². The van der Waals surface area contributed by atoms with E-state index < -0.39 is 0 Å². The largest absolute Gasteiger partial charge is 0.306 e. The summed E-state index contributed by atoms with van der Waals surface area (Å²) in [4.78, 5) is 0. The van der Waals surface area contributed by atoms with E-state index >= 15 is 0 Å². The topological polar surface area (TPSA) is 58.5 Å². The number of aromatic nitrogens is 4. The molecule has 5 nitrogen and oxygen atoms in total. The van der Waals surface area contributed by atoms with Crippen LogP contribution in [0.3, 0.4) is 0 Å². The Hall–Kier alpha value is -1.62. The molecule has 2 aromatic rings. The van der Waals surface area contributed by atoms with Gasteiger partial charge >= 0.3 is 0 Å². The molecule has 0 amide bonds. The highest BCUT2D eigenvalue weighted by Gasteiger charge is 2.07. The van der Waals surface area contributed by atoms with Gasteiger partial charge in [-0.05, 0) is 20.8 Å². The molecular weight excluding hydrogens is 214 g/mol. The van der Waals surface area contributed by atoms with Gasteiger partial charge in [0.25, 0.3) is 0 Å². The van der Waals surface area contributed by atoms with Gasteiger partial charge in [0, 0.05) is 42.1 Å². The Kier molecular flexibility index (Phi) is 3.58. The fourth-order valence-electron chi connectivity index (χ4n) is 1.64. The summed E-state index contributed by atoms with van der Waals surface area (Å²) in [6, 6.07) is 0.700. The lowest BCUT2D eigenvalue weighted by Crippen LogP contribution is -2.17. The van der Waals surface area contributed by atoms with Gasteiger partial charge in [-0.25, -0.2) is 0 Å². The summed E-state index contributed by atoms with van der Waals surface area (Å²) < 4.78 is 1.97. The highest BCUT2D eigenvalue weighted by atomic mass is 15.3. The van der Waals surface area contributed by atoms with Crippen molar-refractivity contribution in [3.8, 4) is 0 Å². The molecule has 0 aliphatic carbocycles. The number of nitrogens with one attached hydrogen (secondary N) is 2. The Labute approximate surface area is 101 Å². The quantitative estimate of drug-likeness (QED) is 0.830. The fourth-order valence-corrected chi connectivity index (χ4v) is 1.64. The standard InChI is InChI=1S/C12H19N5/c1-9(2)17-8-11(5-16-17)4-13-10(3)12-6-14-15-7-12/h5-10,13H,4H2,1-3H3,(H,14,15). The third-order valence-electron chi connectivity index (χ3n) is 2.82. The maximum Gasteiger partial charge on any atom is 0.0534 e. The first kappa shape index (κ1) is 11.9. The molecule has 17 heavy (non-hydrogen) atoms. The molecule has 2 rings (SSSR count). The van der Waals surface area contributed by atoms with Crippen molar-refractivity contribution in [1.82, 2.24) is 25.3 Å². The van der Waals surface area contributed by atoms with Gasteiger partial charge in [0.2, 0.25) is 0 Å². The van der Waals surface area contributed by atoms with Crippen molar-refractivity contribution in [3.63, 3.8) is 0 Å². The SMILES string of the molecule is CC(NCc1cnn(C(C)C)c1)c1cn[nH]c1. The summed E-state index contributed by atoms with van der Waals surface area (Å²) in [5, 5.41) is 14.5. The Morgan fingerprint density at radius 1 is 1.35 bits per heavy atom. The fraction of sp³-hybridized carbons (Fsp3) is 0.500. The van der Waals surface area contributed by atoms with Gasteiger partial charge in [-0.1, -0.05) is 0 Å². The molecule has 0 fully saturated rings. The van der Waals surface area contributed by atoms with Crippen LogP contribution in [0.25, 0.3) is 0 Å². The number of aromatic amines is 1. The van der Waals surface area contributed by atoms with Crippen molar-refractivity contribution in [1.29, 1.82) is 0 Å². The maximum atomic E-state index is 4.31. The molecule has 1 atom stereocenters. The van der Waals surface area contributed by atoms with Crippen molar-refractivity contribution in [3.05, 3.63) is 35.9 Å². The van der Waals surface area contributed by atoms with E-state index in [9.17, 15) is 0 Å². The van der Waals surface area contributed by atoms with E-state index in [0.717, 1.165) is 6.54 Å². The van der Waals surface area contributed by atoms with Gasteiger partial charge in [0.15, 0.2) is 0 Å². The minimum atomic E-state index is 0.288. The van der Waals surface area contributed by atoms with Gasteiger partial charge in [-0.15, -0.1) is 0 Å². The zero-order valence-electron chi connectivity index (χ0n) is 10.5. The molecule has 2 heterocycles. The van der Waals surface area contributed by atoms with Crippen LogP contribution < -0.4 is 5.32 Å². The van der Waals surface area contributed by atoms with Crippen LogP contribution in [0.1, 0.15) is 44.0 Å². The molecule has 92 valence electrons.